The van der Waals surface area contributed by atoms with Crippen molar-refractivity contribution in [2.24, 2.45) is 0 Å². The molecule has 0 nitrogen and oxygen atoms in total. The summed E-state index contributed by atoms with van der Waals surface area (Å²) in [7, 11) is 13.9. The van der Waals surface area contributed by atoms with Crippen molar-refractivity contribution in [3.63, 3.8) is 0 Å². The second-order valence-electron chi connectivity index (χ2n) is 8.51. The van der Waals surface area contributed by atoms with Crippen LogP contribution in [-0.4, -0.2) is 0 Å². The van der Waals surface area contributed by atoms with E-state index in [1.807, 2.05) is 0 Å². The molecule has 2 aliphatic rings. The quantitative estimate of drug-likeness (QED) is 0.253. The summed E-state index contributed by atoms with van der Waals surface area (Å²) in [6.07, 6.45) is 1.00. The van der Waals surface area contributed by atoms with Gasteiger partial charge in [0.2, 0.25) is 0 Å². The molecule has 0 radical (unpaired) electrons. The second kappa shape index (κ2) is 8.04. The minimum absolute atomic E-state index is 0.289. The standard InChI is InChI=1S/C28H21.2ClH.Zr/c1-5-13-23-19(9-1)20-10-2-6-14-24(20)27(23)17-18-28-25-15-7-3-11-21(25)22-12-4-8-16-26(22)28;;;/h1-17,27-28H,18H2;2*1H;/q;;;+2/p-2. The van der Waals surface area contributed by atoms with E-state index in [2.05, 4.69) is 97.1 Å². The Bertz CT molecular complexity index is 1190. The van der Waals surface area contributed by atoms with Gasteiger partial charge in [-0.1, -0.05) is 0 Å². The average Bonchev–Trinajstić information content (AvgIpc) is 3.31. The third-order valence-corrected chi connectivity index (χ3v) is 13.1. The molecule has 0 saturated heterocycles. The van der Waals surface area contributed by atoms with E-state index in [1.54, 1.807) is 0 Å². The SMILES string of the molecule is [Cl][Zr]([Cl])[CH](CC1c2ccccc2-c2ccccc21)C1c2ccccc2-c2ccccc21. The number of halogens is 2. The van der Waals surface area contributed by atoms with Crippen LogP contribution in [0.5, 0.6) is 0 Å². The van der Waals surface area contributed by atoms with Gasteiger partial charge < -0.3 is 0 Å². The van der Waals surface area contributed by atoms with Gasteiger partial charge in [-0.15, -0.1) is 0 Å². The van der Waals surface area contributed by atoms with E-state index >= 15 is 0 Å². The molecule has 0 fully saturated rings. The Balaban J connectivity index is 1.47. The molecule has 0 saturated carbocycles. The molecule has 31 heavy (non-hydrogen) atoms. The van der Waals surface area contributed by atoms with Crippen LogP contribution >= 0.6 is 17.0 Å². The Labute approximate surface area is 198 Å². The summed E-state index contributed by atoms with van der Waals surface area (Å²) in [5.74, 6) is 0.641. The van der Waals surface area contributed by atoms with Gasteiger partial charge in [-0.2, -0.15) is 0 Å². The molecule has 0 bridgehead atoms. The number of hydrogen-bond acceptors (Lipinski definition) is 0. The molecule has 6 rings (SSSR count). The normalized spacial score (nSPS) is 15.2. The maximum absolute atomic E-state index is 6.95. The Morgan fingerprint density at radius 1 is 0.548 bits per heavy atom. The molecule has 1 unspecified atom stereocenters. The first-order valence-electron chi connectivity index (χ1n) is 10.8. The Kier molecular flexibility index (Phi) is 5.18. The van der Waals surface area contributed by atoms with E-state index in [0.29, 0.717) is 9.54 Å². The summed E-state index contributed by atoms with van der Waals surface area (Å²) in [6.45, 7) is 0. The van der Waals surface area contributed by atoms with Crippen molar-refractivity contribution in [2.75, 3.05) is 0 Å². The van der Waals surface area contributed by atoms with E-state index in [0.717, 1.165) is 6.42 Å². The Hall–Kier alpha value is -1.66. The predicted octanol–water partition coefficient (Wildman–Crippen LogP) is 8.72. The van der Waals surface area contributed by atoms with Gasteiger partial charge >= 0.3 is 200 Å². The van der Waals surface area contributed by atoms with Gasteiger partial charge in [0.25, 0.3) is 0 Å². The minimum atomic E-state index is -2.64. The van der Waals surface area contributed by atoms with Crippen molar-refractivity contribution in [3.05, 3.63) is 119 Å². The van der Waals surface area contributed by atoms with Crippen LogP contribution in [-0.2, 0) is 19.4 Å². The molecule has 151 valence electrons. The zero-order chi connectivity index (χ0) is 20.9. The summed E-state index contributed by atoms with van der Waals surface area (Å²) < 4.78 is 0.305. The molecule has 3 heteroatoms. The fourth-order valence-electron chi connectivity index (χ4n) is 5.75. The van der Waals surface area contributed by atoms with Gasteiger partial charge in [0.15, 0.2) is 0 Å². The Morgan fingerprint density at radius 2 is 0.903 bits per heavy atom. The van der Waals surface area contributed by atoms with Crippen molar-refractivity contribution in [1.29, 1.82) is 0 Å². The van der Waals surface area contributed by atoms with E-state index in [-0.39, 0.29) is 5.92 Å². The number of fused-ring (bicyclic) bond motifs is 6. The summed E-state index contributed by atoms with van der Waals surface area (Å²) in [4.78, 5) is 0. The molecular weight excluding hydrogens is 498 g/mol. The van der Waals surface area contributed by atoms with E-state index < -0.39 is 19.4 Å². The summed E-state index contributed by atoms with van der Waals surface area (Å²) in [5.41, 5.74) is 11.1. The van der Waals surface area contributed by atoms with Crippen LogP contribution in [0, 0.1) is 0 Å². The Morgan fingerprint density at radius 3 is 1.32 bits per heavy atom. The molecule has 4 aromatic carbocycles. The van der Waals surface area contributed by atoms with Crippen LogP contribution in [0.3, 0.4) is 0 Å². The fourth-order valence-corrected chi connectivity index (χ4v) is 10.8. The monoisotopic (exact) mass is 517 g/mol. The summed E-state index contributed by atoms with van der Waals surface area (Å²) >= 11 is -2.64. The molecule has 0 aliphatic heterocycles. The third kappa shape index (κ3) is 3.20. The maximum atomic E-state index is 6.95. The molecule has 0 aromatic heterocycles. The van der Waals surface area contributed by atoms with Crippen molar-refractivity contribution in [1.82, 2.24) is 0 Å². The van der Waals surface area contributed by atoms with Gasteiger partial charge in [0.1, 0.15) is 0 Å². The van der Waals surface area contributed by atoms with E-state index in [1.165, 1.54) is 44.5 Å². The van der Waals surface area contributed by atoms with Gasteiger partial charge in [0, 0.05) is 0 Å². The average molecular weight is 520 g/mol. The zero-order valence-electron chi connectivity index (χ0n) is 16.9. The summed E-state index contributed by atoms with van der Waals surface area (Å²) in [6, 6.07) is 35.3. The van der Waals surface area contributed by atoms with Crippen molar-refractivity contribution in [2.45, 2.75) is 21.9 Å². The molecule has 0 amide bonds. The van der Waals surface area contributed by atoms with Gasteiger partial charge in [-0.05, 0) is 0 Å². The number of hydrogen-bond donors (Lipinski definition) is 0. The van der Waals surface area contributed by atoms with E-state index in [4.69, 9.17) is 17.0 Å². The number of rotatable bonds is 4. The van der Waals surface area contributed by atoms with Crippen LogP contribution in [0.15, 0.2) is 97.1 Å². The summed E-state index contributed by atoms with van der Waals surface area (Å²) in [5, 5.41) is 0. The molecular formula is C28H21Cl2Zr. The number of benzene rings is 4. The van der Waals surface area contributed by atoms with Crippen LogP contribution in [0.2, 0.25) is 3.63 Å². The topological polar surface area (TPSA) is 0 Å². The molecule has 4 aromatic rings. The fraction of sp³-hybridized carbons (Fsp3) is 0.143. The first-order valence-corrected chi connectivity index (χ1v) is 18.5. The van der Waals surface area contributed by atoms with Gasteiger partial charge in [0.05, 0.1) is 0 Å². The molecule has 0 spiro atoms. The first-order chi connectivity index (χ1) is 15.2. The molecule has 1 atom stereocenters. The van der Waals surface area contributed by atoms with Crippen LogP contribution < -0.4 is 0 Å². The molecule has 0 N–H and O–H groups in total. The van der Waals surface area contributed by atoms with Gasteiger partial charge in [-0.25, -0.2) is 0 Å². The van der Waals surface area contributed by atoms with Crippen molar-refractivity contribution < 1.29 is 19.4 Å². The van der Waals surface area contributed by atoms with Crippen LogP contribution in [0.25, 0.3) is 22.3 Å². The predicted molar refractivity (Wildman–Crippen MR) is 128 cm³/mol. The third-order valence-electron chi connectivity index (χ3n) is 7.02. The molecule has 2 aliphatic carbocycles. The van der Waals surface area contributed by atoms with Crippen molar-refractivity contribution in [3.8, 4) is 22.3 Å². The van der Waals surface area contributed by atoms with E-state index in [9.17, 15) is 0 Å². The molecule has 0 heterocycles. The second-order valence-corrected chi connectivity index (χ2v) is 17.7. The van der Waals surface area contributed by atoms with Crippen LogP contribution in [0.1, 0.15) is 40.5 Å². The van der Waals surface area contributed by atoms with Gasteiger partial charge in [-0.3, -0.25) is 0 Å². The zero-order valence-corrected chi connectivity index (χ0v) is 20.9. The first kappa shape index (κ1) is 20.0. The van der Waals surface area contributed by atoms with Crippen LogP contribution in [0.4, 0.5) is 0 Å². The van der Waals surface area contributed by atoms with Crippen molar-refractivity contribution >= 4 is 17.0 Å².